The Bertz CT molecular complexity index is 803. The fourth-order valence-corrected chi connectivity index (χ4v) is 3.03. The molecule has 0 aliphatic heterocycles. The highest BCUT2D eigenvalue weighted by Gasteiger charge is 2.20. The molecule has 0 unspecified atom stereocenters. The van der Waals surface area contributed by atoms with Crippen LogP contribution in [0.15, 0.2) is 34.2 Å². The molecule has 3 amide bonds. The molecule has 2 aromatic rings. The highest BCUT2D eigenvalue weighted by Crippen LogP contribution is 2.22. The van der Waals surface area contributed by atoms with Gasteiger partial charge in [0.25, 0.3) is 5.56 Å². The van der Waals surface area contributed by atoms with Crippen LogP contribution < -0.4 is 16.6 Å². The number of thioether (sulfide) groups is 1. The van der Waals surface area contributed by atoms with Gasteiger partial charge < -0.3 is 5.73 Å². The van der Waals surface area contributed by atoms with E-state index in [0.717, 1.165) is 18.2 Å². The number of hydrogen-bond acceptors (Lipinski definition) is 5. The van der Waals surface area contributed by atoms with E-state index in [0.29, 0.717) is 22.6 Å². The van der Waals surface area contributed by atoms with E-state index in [1.165, 1.54) is 0 Å². The number of carbonyl (C=O) groups excluding carboxylic acids is 2. The fourth-order valence-electron chi connectivity index (χ4n) is 2.09. The Morgan fingerprint density at radius 3 is 2.74 bits per heavy atom. The molecule has 2 rings (SSSR count). The number of primary amides is 1. The normalized spacial score (nSPS) is 12.1. The van der Waals surface area contributed by atoms with Crippen molar-refractivity contribution in [1.29, 1.82) is 0 Å². The van der Waals surface area contributed by atoms with E-state index >= 15 is 0 Å². The monoisotopic (exact) mass is 334 g/mol. The van der Waals surface area contributed by atoms with E-state index in [2.05, 4.69) is 4.98 Å². The Morgan fingerprint density at radius 2 is 2.09 bits per heavy atom. The largest absolute Gasteiger partial charge is 0.351 e. The number of nitrogens with two attached hydrogens (primary N) is 1. The van der Waals surface area contributed by atoms with Gasteiger partial charge in [-0.15, -0.1) is 0 Å². The van der Waals surface area contributed by atoms with Crippen LogP contribution in [-0.4, -0.2) is 26.7 Å². The Balaban J connectivity index is 2.42. The number of carbonyl (C=O) groups is 2. The molecule has 122 valence electrons. The molecular formula is C15H18N4O3S. The molecule has 0 saturated carbocycles. The van der Waals surface area contributed by atoms with Crippen LogP contribution in [0.1, 0.15) is 20.3 Å². The van der Waals surface area contributed by atoms with Crippen molar-refractivity contribution < 1.29 is 9.59 Å². The third-order valence-electron chi connectivity index (χ3n) is 3.17. The molecule has 1 atom stereocenters. The minimum absolute atomic E-state index is 0.137. The molecule has 8 heteroatoms. The Hall–Kier alpha value is -2.35. The summed E-state index contributed by atoms with van der Waals surface area (Å²) in [5.41, 5.74) is 5.39. The highest BCUT2D eigenvalue weighted by molar-refractivity contribution is 8.00. The van der Waals surface area contributed by atoms with Gasteiger partial charge in [0, 0.05) is 6.54 Å². The van der Waals surface area contributed by atoms with Gasteiger partial charge in [-0.25, -0.2) is 9.78 Å². The smallest absolute Gasteiger partial charge is 0.318 e. The summed E-state index contributed by atoms with van der Waals surface area (Å²) in [6.45, 7) is 4.09. The Morgan fingerprint density at radius 1 is 1.39 bits per heavy atom. The van der Waals surface area contributed by atoms with Gasteiger partial charge in [0.05, 0.1) is 16.2 Å². The lowest BCUT2D eigenvalue weighted by atomic mass is 10.2. The lowest BCUT2D eigenvalue weighted by Gasteiger charge is -2.15. The van der Waals surface area contributed by atoms with E-state index in [1.54, 1.807) is 35.8 Å². The standard InChI is InChI=1S/C15H18N4O3S/c1-3-8-19-13(21)10-6-4-5-7-11(10)17-15(19)23-9(2)12(20)18-14(16)22/h4-7,9H,3,8H2,1-2H3,(H3,16,18,20,22)/t9-/m1/s1. The topological polar surface area (TPSA) is 107 Å². The van der Waals surface area contributed by atoms with Crippen LogP contribution >= 0.6 is 11.8 Å². The minimum atomic E-state index is -0.903. The summed E-state index contributed by atoms with van der Waals surface area (Å²) in [5, 5.41) is 2.41. The first-order valence-electron chi connectivity index (χ1n) is 7.20. The van der Waals surface area contributed by atoms with Crippen LogP contribution in [0, 0.1) is 0 Å². The highest BCUT2D eigenvalue weighted by atomic mass is 32.2. The predicted octanol–water partition coefficient (Wildman–Crippen LogP) is 1.48. The lowest BCUT2D eigenvalue weighted by molar-refractivity contribution is -0.119. The van der Waals surface area contributed by atoms with E-state index in [1.807, 2.05) is 12.2 Å². The van der Waals surface area contributed by atoms with E-state index < -0.39 is 17.2 Å². The number of nitrogens with one attached hydrogen (secondary N) is 1. The fraction of sp³-hybridized carbons (Fsp3) is 0.333. The van der Waals surface area contributed by atoms with Gasteiger partial charge in [0.2, 0.25) is 5.91 Å². The van der Waals surface area contributed by atoms with Gasteiger partial charge >= 0.3 is 6.03 Å². The number of benzene rings is 1. The first-order valence-corrected chi connectivity index (χ1v) is 8.08. The molecule has 0 radical (unpaired) electrons. The molecule has 0 aliphatic carbocycles. The molecule has 3 N–H and O–H groups in total. The minimum Gasteiger partial charge on any atom is -0.351 e. The maximum Gasteiger partial charge on any atom is 0.318 e. The summed E-state index contributed by atoms with van der Waals surface area (Å²) >= 11 is 1.12. The first-order chi connectivity index (χ1) is 10.9. The summed E-state index contributed by atoms with van der Waals surface area (Å²) in [5.74, 6) is -0.520. The van der Waals surface area contributed by atoms with Crippen LogP contribution in [0.3, 0.4) is 0 Å². The van der Waals surface area contributed by atoms with Crippen molar-refractivity contribution in [2.24, 2.45) is 5.73 Å². The number of imide groups is 1. The zero-order valence-corrected chi connectivity index (χ0v) is 13.7. The average molecular weight is 334 g/mol. The molecular weight excluding hydrogens is 316 g/mol. The van der Waals surface area contributed by atoms with Gasteiger partial charge in [-0.2, -0.15) is 0 Å². The van der Waals surface area contributed by atoms with Gasteiger partial charge in [0.15, 0.2) is 5.16 Å². The molecule has 0 spiro atoms. The Kier molecular flexibility index (Phi) is 5.38. The zero-order valence-electron chi connectivity index (χ0n) is 12.9. The molecule has 0 fully saturated rings. The van der Waals surface area contributed by atoms with Gasteiger partial charge in [-0.05, 0) is 25.5 Å². The first kappa shape index (κ1) is 17.0. The van der Waals surface area contributed by atoms with E-state index in [9.17, 15) is 14.4 Å². The van der Waals surface area contributed by atoms with Crippen molar-refractivity contribution >= 4 is 34.6 Å². The van der Waals surface area contributed by atoms with Crippen LogP contribution in [0.4, 0.5) is 4.79 Å². The number of hydrogen-bond donors (Lipinski definition) is 2. The number of rotatable bonds is 5. The summed E-state index contributed by atoms with van der Waals surface area (Å²) in [7, 11) is 0. The summed E-state index contributed by atoms with van der Waals surface area (Å²) < 4.78 is 1.56. The molecule has 1 aromatic heterocycles. The Labute approximate surface area is 137 Å². The third-order valence-corrected chi connectivity index (χ3v) is 4.26. The summed E-state index contributed by atoms with van der Waals surface area (Å²) in [6.07, 6.45) is 0.759. The second-order valence-electron chi connectivity index (χ2n) is 4.98. The average Bonchev–Trinajstić information content (AvgIpc) is 2.50. The number of fused-ring (bicyclic) bond motifs is 1. The number of amides is 3. The quantitative estimate of drug-likeness (QED) is 0.636. The lowest BCUT2D eigenvalue weighted by Crippen LogP contribution is -2.39. The molecule has 0 bridgehead atoms. The second kappa shape index (κ2) is 7.28. The maximum absolute atomic E-state index is 12.6. The molecule has 1 heterocycles. The predicted molar refractivity (Wildman–Crippen MR) is 89.3 cm³/mol. The van der Waals surface area contributed by atoms with Crippen molar-refractivity contribution in [3.05, 3.63) is 34.6 Å². The molecule has 1 aromatic carbocycles. The molecule has 0 saturated heterocycles. The van der Waals surface area contributed by atoms with E-state index in [4.69, 9.17) is 5.73 Å². The maximum atomic E-state index is 12.6. The molecule has 0 aliphatic rings. The van der Waals surface area contributed by atoms with Crippen molar-refractivity contribution in [2.75, 3.05) is 0 Å². The summed E-state index contributed by atoms with van der Waals surface area (Å²) in [6, 6.07) is 6.17. The van der Waals surface area contributed by atoms with Crippen molar-refractivity contribution in [3.63, 3.8) is 0 Å². The van der Waals surface area contributed by atoms with Crippen LogP contribution in [-0.2, 0) is 11.3 Å². The number of urea groups is 1. The number of aromatic nitrogens is 2. The molecule has 7 nitrogen and oxygen atoms in total. The van der Waals surface area contributed by atoms with Crippen molar-refractivity contribution in [2.45, 2.75) is 37.2 Å². The van der Waals surface area contributed by atoms with Crippen LogP contribution in [0.25, 0.3) is 10.9 Å². The number of nitrogens with zero attached hydrogens (tertiary/aromatic N) is 2. The SMILES string of the molecule is CCCn1c(S[C@H](C)C(=O)NC(N)=O)nc2ccccc2c1=O. The van der Waals surface area contributed by atoms with Gasteiger partial charge in [-0.3, -0.25) is 19.5 Å². The van der Waals surface area contributed by atoms with Gasteiger partial charge in [-0.1, -0.05) is 30.8 Å². The number of para-hydroxylation sites is 1. The zero-order chi connectivity index (χ0) is 17.0. The van der Waals surface area contributed by atoms with E-state index in [-0.39, 0.29) is 5.56 Å². The van der Waals surface area contributed by atoms with Crippen LogP contribution in [0.2, 0.25) is 0 Å². The second-order valence-corrected chi connectivity index (χ2v) is 6.29. The third kappa shape index (κ3) is 3.89. The van der Waals surface area contributed by atoms with Crippen LogP contribution in [0.5, 0.6) is 0 Å². The molecule has 23 heavy (non-hydrogen) atoms. The summed E-state index contributed by atoms with van der Waals surface area (Å²) in [4.78, 5) is 39.7. The van der Waals surface area contributed by atoms with Crippen molar-refractivity contribution in [3.8, 4) is 0 Å². The van der Waals surface area contributed by atoms with Crippen molar-refractivity contribution in [1.82, 2.24) is 14.9 Å². The van der Waals surface area contributed by atoms with Gasteiger partial charge in [0.1, 0.15) is 0 Å².